The van der Waals surface area contributed by atoms with E-state index < -0.39 is 6.23 Å². The fourth-order valence-corrected chi connectivity index (χ4v) is 5.03. The average molecular weight is 672 g/mol. The Morgan fingerprint density at radius 2 is 1.78 bits per heavy atom. The quantitative estimate of drug-likeness (QED) is 0.0945. The van der Waals surface area contributed by atoms with Gasteiger partial charge in [0.15, 0.2) is 0 Å². The Morgan fingerprint density at radius 3 is 2.41 bits per heavy atom. The van der Waals surface area contributed by atoms with Crippen LogP contribution in [0.5, 0.6) is 0 Å². The Hall–Kier alpha value is -2.34. The number of amides is 1. The van der Waals surface area contributed by atoms with E-state index in [0.717, 1.165) is 54.1 Å². The number of carbonyl (C=O) groups excluding carboxylic acids is 1. The zero-order chi connectivity index (χ0) is 32.8. The van der Waals surface area contributed by atoms with E-state index in [4.69, 9.17) is 27.4 Å². The Labute approximate surface area is 322 Å². The number of nitrogens with one attached hydrogen (secondary N) is 3. The monoisotopic (exact) mass is 671 g/mol. The molecule has 3 aromatic rings. The number of anilines is 3. The molecular weight excluding hydrogens is 625 g/mol. The number of hydrogen-bond donors (Lipinski definition) is 5. The van der Waals surface area contributed by atoms with Gasteiger partial charge in [-0.2, -0.15) is 0 Å². The van der Waals surface area contributed by atoms with Crippen LogP contribution in [0.2, 0.25) is 5.02 Å². The molecule has 0 aliphatic heterocycles. The number of hydrogen-bond acceptors (Lipinski definition) is 6. The summed E-state index contributed by atoms with van der Waals surface area (Å²) in [6.45, 7) is 7.56. The number of aliphatic hydroxyl groups excluding tert-OH is 1. The van der Waals surface area contributed by atoms with E-state index in [2.05, 4.69) is 53.2 Å². The molecule has 242 valence electrons. The first-order valence-corrected chi connectivity index (χ1v) is 15.8. The van der Waals surface area contributed by atoms with E-state index in [0.29, 0.717) is 17.1 Å². The van der Waals surface area contributed by atoms with E-state index in [-0.39, 0.29) is 69.5 Å². The van der Waals surface area contributed by atoms with Gasteiger partial charge >= 0.3 is 51.4 Å². The molecule has 46 heavy (non-hydrogen) atoms. The summed E-state index contributed by atoms with van der Waals surface area (Å²) in [4.78, 5) is 11.5. The normalized spacial score (nSPS) is 14.2. The van der Waals surface area contributed by atoms with Crippen LogP contribution < -0.4 is 73.1 Å². The third-order valence-corrected chi connectivity index (χ3v) is 7.49. The van der Waals surface area contributed by atoms with Crippen LogP contribution in [0.25, 0.3) is 10.9 Å². The van der Waals surface area contributed by atoms with Gasteiger partial charge in [-0.25, -0.2) is 0 Å². The van der Waals surface area contributed by atoms with Crippen molar-refractivity contribution in [3.05, 3.63) is 106 Å². The molecule has 0 saturated heterocycles. The second-order valence-electron chi connectivity index (χ2n) is 11.1. The van der Waals surface area contributed by atoms with Crippen LogP contribution in [0.15, 0.2) is 84.6 Å². The summed E-state index contributed by atoms with van der Waals surface area (Å²) < 4.78 is 5.27. The van der Waals surface area contributed by atoms with Crippen molar-refractivity contribution in [2.45, 2.75) is 78.2 Å². The first-order valence-electron chi connectivity index (χ1n) is 15.5. The summed E-state index contributed by atoms with van der Waals surface area (Å²) in [5, 5.41) is 24.0. The molecule has 0 aromatic heterocycles. The number of nitrogens with two attached hydrogens (primary N) is 1. The van der Waals surface area contributed by atoms with Crippen LogP contribution in [-0.2, 0) is 16.0 Å². The van der Waals surface area contributed by atoms with Gasteiger partial charge < -0.3 is 31.5 Å². The second-order valence-corrected chi connectivity index (χ2v) is 11.5. The second kappa shape index (κ2) is 20.8. The van der Waals surface area contributed by atoms with Gasteiger partial charge in [0.2, 0.25) is 5.91 Å². The molecule has 3 atom stereocenters. The minimum atomic E-state index is -0.570. The number of carbonyl (C=O) groups is 1. The standard InChI is InChI=1S/C19H24N3O.C17H23ClN2O2.K/c1-3-19(23)22-16-11-12-17(20)18(13-16)21-14(2)9-10-15-7-5-4-6-8-15;1-11(19-12(2)21)20-17-9-6-14(18)10-16(17)13-4-7-15(22-3)8-5-13;/h4-8,11-14H,3,9-10,20H2,1-2H3,(H,22,23);4,6-7,9-12,19-21H,5,8H2,1-3H3;/q-1;;+1. The molecule has 0 heterocycles. The Balaban J connectivity index is 0.000000314. The largest absolute Gasteiger partial charge is 1.00 e. The van der Waals surface area contributed by atoms with Crippen molar-refractivity contribution >= 4 is 45.8 Å². The Bertz CT molecular complexity index is 1450. The molecule has 0 saturated carbocycles. The number of benzene rings is 3. The summed E-state index contributed by atoms with van der Waals surface area (Å²) in [6, 6.07) is 21.8. The van der Waals surface area contributed by atoms with Crippen LogP contribution in [0.1, 0.15) is 64.5 Å². The van der Waals surface area contributed by atoms with Gasteiger partial charge in [0, 0.05) is 40.5 Å². The molecule has 0 radical (unpaired) electrons. The van der Waals surface area contributed by atoms with Gasteiger partial charge in [0.1, 0.15) is 6.23 Å². The zero-order valence-corrected chi connectivity index (χ0v) is 31.8. The van der Waals surface area contributed by atoms with Crippen molar-refractivity contribution in [2.75, 3.05) is 23.5 Å². The van der Waals surface area contributed by atoms with Gasteiger partial charge in [-0.3, -0.25) is 10.1 Å². The van der Waals surface area contributed by atoms with Gasteiger partial charge in [-0.1, -0.05) is 74.3 Å². The maximum atomic E-state index is 11.5. The van der Waals surface area contributed by atoms with Crippen molar-refractivity contribution in [3.8, 4) is 0 Å². The number of aliphatic hydroxyl groups is 1. The summed E-state index contributed by atoms with van der Waals surface area (Å²) >= 11 is 6.16. The first kappa shape index (κ1) is 39.8. The molecule has 3 aromatic carbocycles. The third kappa shape index (κ3) is 13.8. The van der Waals surface area contributed by atoms with Crippen molar-refractivity contribution in [1.82, 2.24) is 5.32 Å². The molecule has 0 fully saturated rings. The summed E-state index contributed by atoms with van der Waals surface area (Å²) in [5.74, 6) is 0.974. The molecule has 8 nitrogen and oxygen atoms in total. The zero-order valence-electron chi connectivity index (χ0n) is 27.9. The molecule has 6 N–H and O–H groups in total. The topological polar surface area (TPSA) is 123 Å². The van der Waals surface area contributed by atoms with Gasteiger partial charge in [0.05, 0.1) is 19.0 Å². The molecule has 0 bridgehead atoms. The number of allylic oxidation sites excluding steroid dienone is 4. The minimum Gasteiger partial charge on any atom is -0.680 e. The number of methoxy groups -OCH3 is 1. The molecule has 10 heteroatoms. The molecule has 4 rings (SSSR count). The van der Waals surface area contributed by atoms with Crippen LogP contribution >= 0.6 is 11.6 Å². The van der Waals surface area contributed by atoms with Crippen molar-refractivity contribution < 1.29 is 66.0 Å². The fraction of sp³-hybridized carbons (Fsp3) is 0.361. The maximum absolute atomic E-state index is 11.5. The van der Waals surface area contributed by atoms with Crippen LogP contribution in [-0.4, -0.2) is 36.6 Å². The van der Waals surface area contributed by atoms with Crippen molar-refractivity contribution in [1.29, 1.82) is 0 Å². The Kier molecular flexibility index (Phi) is 18.0. The van der Waals surface area contributed by atoms with Gasteiger partial charge in [-0.15, -0.1) is 11.7 Å². The van der Waals surface area contributed by atoms with Gasteiger partial charge in [0.25, 0.3) is 0 Å². The van der Waals surface area contributed by atoms with Gasteiger partial charge in [-0.05, 0) is 74.2 Å². The van der Waals surface area contributed by atoms with Crippen molar-refractivity contribution in [2.24, 2.45) is 0 Å². The van der Waals surface area contributed by atoms with E-state index in [9.17, 15) is 9.90 Å². The predicted molar refractivity (Wildman–Crippen MR) is 189 cm³/mol. The first-order chi connectivity index (χ1) is 21.6. The molecule has 1 aliphatic rings. The summed E-state index contributed by atoms with van der Waals surface area (Å²) in [7, 11) is 1.69. The van der Waals surface area contributed by atoms with Crippen LogP contribution in [0.3, 0.4) is 0 Å². The predicted octanol–water partition coefficient (Wildman–Crippen LogP) is 5.38. The van der Waals surface area contributed by atoms with E-state index >= 15 is 0 Å². The molecule has 0 spiro atoms. The SMILES string of the molecule is CCC(=O)Nc1ccc(N)c([N-]C(C)CCc2ccccc2)c1.COC1=CC=C(c2cc(Cl)ccc2NC(C)NC(C)O)CC1.[K+]. The van der Waals surface area contributed by atoms with Crippen LogP contribution in [0.4, 0.5) is 22.7 Å². The molecule has 3 unspecified atom stereocenters. The number of ether oxygens (including phenoxy) is 1. The average Bonchev–Trinajstić information content (AvgIpc) is 3.03. The minimum absolute atomic E-state index is 0. The number of nitrogen functional groups attached to an aromatic ring is 1. The van der Waals surface area contributed by atoms with Crippen LogP contribution in [0, 0.1) is 0 Å². The van der Waals surface area contributed by atoms with E-state index in [1.807, 2.05) is 50.3 Å². The molecule has 1 amide bonds. The van der Waals surface area contributed by atoms with Crippen molar-refractivity contribution in [3.63, 3.8) is 0 Å². The molecule has 1 aliphatic carbocycles. The molecular formula is C36H47ClKN5O3. The summed E-state index contributed by atoms with van der Waals surface area (Å²) in [6.07, 6.45) is 7.63. The van der Waals surface area contributed by atoms with E-state index in [1.165, 1.54) is 11.1 Å². The Morgan fingerprint density at radius 1 is 1.04 bits per heavy atom. The maximum Gasteiger partial charge on any atom is 1.00 e. The number of rotatable bonds is 13. The van der Waals surface area contributed by atoms with E-state index in [1.54, 1.807) is 26.2 Å². The number of nitrogens with zero attached hydrogens (tertiary/aromatic N) is 1. The summed E-state index contributed by atoms with van der Waals surface area (Å²) in [5.41, 5.74) is 12.7. The third-order valence-electron chi connectivity index (χ3n) is 7.25. The fourth-order valence-electron chi connectivity index (χ4n) is 4.86. The number of halogens is 1. The number of aryl methyl sites for hydroxylation is 1. The smallest absolute Gasteiger partial charge is 0.680 e.